The number of nitrogens with zero attached hydrogens (tertiary/aromatic N) is 2. The van der Waals surface area contributed by atoms with E-state index in [9.17, 15) is 41.9 Å². The first-order valence-electron chi connectivity index (χ1n) is 10.5. The van der Waals surface area contributed by atoms with Crippen molar-refractivity contribution in [3.63, 3.8) is 0 Å². The number of carboxylic acids is 2. The molecule has 4 amide bonds. The van der Waals surface area contributed by atoms with Gasteiger partial charge in [-0.25, -0.2) is 19.4 Å². The van der Waals surface area contributed by atoms with Crippen molar-refractivity contribution < 1.29 is 52.2 Å². The molecular weight excluding hydrogens is 513 g/mol. The van der Waals surface area contributed by atoms with Crippen LogP contribution in [0.1, 0.15) is 67.7 Å². The van der Waals surface area contributed by atoms with Gasteiger partial charge in [-0.15, -0.1) is 0 Å². The number of anilines is 2. The van der Waals surface area contributed by atoms with Gasteiger partial charge in [0.25, 0.3) is 23.6 Å². The number of alkyl halides is 3. The molecular formula is C25H11F3N2O8. The Bertz CT molecular complexity index is 1550. The number of carbonyl (C=O) groups excluding carboxylic acids is 4. The molecule has 0 aromatic heterocycles. The van der Waals surface area contributed by atoms with Crippen LogP contribution >= 0.6 is 0 Å². The van der Waals surface area contributed by atoms with Crippen molar-refractivity contribution in [2.45, 2.75) is 6.18 Å². The third kappa shape index (κ3) is 3.59. The molecule has 13 heteroatoms. The summed E-state index contributed by atoms with van der Waals surface area (Å²) in [7, 11) is 0. The second-order valence-electron chi connectivity index (χ2n) is 8.26. The van der Waals surface area contributed by atoms with Crippen LogP contribution in [0.15, 0.2) is 54.6 Å². The molecule has 2 N–H and O–H groups in total. The third-order valence-corrected chi connectivity index (χ3v) is 6.01. The van der Waals surface area contributed by atoms with Crippen LogP contribution in [0, 0.1) is 0 Å². The Morgan fingerprint density at radius 1 is 0.579 bits per heavy atom. The summed E-state index contributed by atoms with van der Waals surface area (Å²) in [5, 5.41) is 18.3. The minimum Gasteiger partial charge on any atom is -0.478 e. The molecule has 0 spiro atoms. The van der Waals surface area contributed by atoms with Gasteiger partial charge >= 0.3 is 18.1 Å². The van der Waals surface area contributed by atoms with Crippen LogP contribution in [0.25, 0.3) is 0 Å². The van der Waals surface area contributed by atoms with Crippen molar-refractivity contribution in [3.8, 4) is 0 Å². The molecule has 2 heterocycles. The van der Waals surface area contributed by atoms with E-state index in [0.717, 1.165) is 42.5 Å². The Morgan fingerprint density at radius 2 is 0.947 bits per heavy atom. The summed E-state index contributed by atoms with van der Waals surface area (Å²) in [6, 6.07) is 7.85. The summed E-state index contributed by atoms with van der Waals surface area (Å²) in [6.07, 6.45) is -5.03. The van der Waals surface area contributed by atoms with Crippen LogP contribution in [0.4, 0.5) is 24.5 Å². The van der Waals surface area contributed by atoms with Gasteiger partial charge in [0, 0.05) is 0 Å². The van der Waals surface area contributed by atoms with Crippen LogP contribution in [-0.2, 0) is 6.18 Å². The van der Waals surface area contributed by atoms with Crippen molar-refractivity contribution in [2.75, 3.05) is 9.80 Å². The number of hydrogen-bond acceptors (Lipinski definition) is 6. The largest absolute Gasteiger partial charge is 0.478 e. The fourth-order valence-corrected chi connectivity index (χ4v) is 4.23. The van der Waals surface area contributed by atoms with Gasteiger partial charge < -0.3 is 10.2 Å². The highest BCUT2D eigenvalue weighted by atomic mass is 19.4. The monoisotopic (exact) mass is 524 g/mol. The van der Waals surface area contributed by atoms with E-state index >= 15 is 0 Å². The van der Waals surface area contributed by atoms with Crippen LogP contribution in [0.2, 0.25) is 0 Å². The lowest BCUT2D eigenvalue weighted by molar-refractivity contribution is -0.137. The molecule has 0 fully saturated rings. The average molecular weight is 524 g/mol. The molecule has 0 saturated carbocycles. The van der Waals surface area contributed by atoms with E-state index < -0.39 is 58.7 Å². The Balaban J connectivity index is 1.63. The number of hydrogen-bond donors (Lipinski definition) is 2. The number of benzene rings is 3. The lowest BCUT2D eigenvalue weighted by atomic mass is 10.1. The SMILES string of the molecule is O=C(O)c1ccc2c(c1)C(=O)N(c1cc(N3C(=O)c4ccc(C(=O)O)cc4C3=O)cc(C(F)(F)F)c1)C2=O. The molecule has 2 aliphatic heterocycles. The van der Waals surface area contributed by atoms with E-state index in [0.29, 0.717) is 21.9 Å². The number of amides is 4. The maximum atomic E-state index is 13.8. The molecule has 3 aromatic rings. The van der Waals surface area contributed by atoms with Gasteiger partial charge in [-0.3, -0.25) is 19.2 Å². The number of halogens is 3. The highest BCUT2D eigenvalue weighted by Gasteiger charge is 2.42. The summed E-state index contributed by atoms with van der Waals surface area (Å²) in [5.74, 6) is -7.09. The lowest BCUT2D eigenvalue weighted by Crippen LogP contribution is -2.32. The fraction of sp³-hybridized carbons (Fsp3) is 0.0400. The van der Waals surface area contributed by atoms with Gasteiger partial charge in [0.15, 0.2) is 0 Å². The fourth-order valence-electron chi connectivity index (χ4n) is 4.23. The maximum Gasteiger partial charge on any atom is 0.416 e. The Labute approximate surface area is 209 Å². The summed E-state index contributed by atoms with van der Waals surface area (Å²) in [5.41, 5.74) is -4.50. The average Bonchev–Trinajstić information content (AvgIpc) is 3.26. The molecule has 0 bridgehead atoms. The minimum atomic E-state index is -5.03. The molecule has 190 valence electrons. The van der Waals surface area contributed by atoms with E-state index in [1.54, 1.807) is 0 Å². The highest BCUT2D eigenvalue weighted by molar-refractivity contribution is 6.36. The third-order valence-electron chi connectivity index (χ3n) is 6.01. The number of rotatable bonds is 4. The second kappa shape index (κ2) is 8.09. The first-order chi connectivity index (χ1) is 17.8. The maximum absolute atomic E-state index is 13.8. The molecule has 0 saturated heterocycles. The molecule has 5 rings (SSSR count). The molecule has 2 aliphatic rings. The number of carbonyl (C=O) groups is 6. The van der Waals surface area contributed by atoms with Gasteiger partial charge in [-0.1, -0.05) is 0 Å². The Kier molecular flexibility index (Phi) is 5.19. The van der Waals surface area contributed by atoms with Gasteiger partial charge in [0.05, 0.1) is 50.3 Å². The minimum absolute atomic E-state index is 0.249. The quantitative estimate of drug-likeness (QED) is 0.491. The topological polar surface area (TPSA) is 149 Å². The van der Waals surface area contributed by atoms with Crippen LogP contribution in [0.5, 0.6) is 0 Å². The predicted molar refractivity (Wildman–Crippen MR) is 121 cm³/mol. The smallest absolute Gasteiger partial charge is 0.416 e. The van der Waals surface area contributed by atoms with E-state index in [1.165, 1.54) is 0 Å². The Hall–Kier alpha value is -5.33. The van der Waals surface area contributed by atoms with Crippen LogP contribution < -0.4 is 9.80 Å². The predicted octanol–water partition coefficient (Wildman–Crippen LogP) is 3.70. The van der Waals surface area contributed by atoms with Crippen LogP contribution in [0.3, 0.4) is 0 Å². The second-order valence-corrected chi connectivity index (χ2v) is 8.26. The van der Waals surface area contributed by atoms with Crippen molar-refractivity contribution in [3.05, 3.63) is 93.5 Å². The summed E-state index contributed by atoms with van der Waals surface area (Å²) in [4.78, 5) is 75.2. The molecule has 38 heavy (non-hydrogen) atoms. The summed E-state index contributed by atoms with van der Waals surface area (Å²) < 4.78 is 41.4. The number of carboxylic acid groups (broad SMARTS) is 2. The molecule has 3 aromatic carbocycles. The van der Waals surface area contributed by atoms with E-state index in [2.05, 4.69) is 0 Å². The first-order valence-corrected chi connectivity index (χ1v) is 10.5. The zero-order valence-electron chi connectivity index (χ0n) is 18.6. The van der Waals surface area contributed by atoms with Crippen molar-refractivity contribution in [1.29, 1.82) is 0 Å². The molecule has 0 aliphatic carbocycles. The number of aromatic carboxylic acids is 2. The molecule has 0 unspecified atom stereocenters. The lowest BCUT2D eigenvalue weighted by Gasteiger charge is -2.21. The van der Waals surface area contributed by atoms with Gasteiger partial charge in [0.2, 0.25) is 0 Å². The molecule has 10 nitrogen and oxygen atoms in total. The number of fused-ring (bicyclic) bond motifs is 2. The van der Waals surface area contributed by atoms with Gasteiger partial charge in [-0.2, -0.15) is 13.2 Å². The normalized spacial score (nSPS) is 14.7. The molecule has 0 atom stereocenters. The van der Waals surface area contributed by atoms with Crippen LogP contribution in [-0.4, -0.2) is 45.8 Å². The standard InChI is InChI=1S/C25H11F3N2O8/c26-25(27,28)12-7-13(29-19(31)15-3-1-10(23(35)36)5-17(15)21(29)33)9-14(8-12)30-20(32)16-4-2-11(24(37)38)6-18(16)22(30)34/h1-9H,(H,35,36)(H,37,38). The molecule has 0 radical (unpaired) electrons. The van der Waals surface area contributed by atoms with E-state index in [-0.39, 0.29) is 33.4 Å². The zero-order chi connectivity index (χ0) is 27.7. The summed E-state index contributed by atoms with van der Waals surface area (Å²) >= 11 is 0. The first kappa shape index (κ1) is 24.4. The van der Waals surface area contributed by atoms with Crippen molar-refractivity contribution >= 4 is 46.9 Å². The highest BCUT2D eigenvalue weighted by Crippen LogP contribution is 2.40. The van der Waals surface area contributed by atoms with Gasteiger partial charge in [-0.05, 0) is 54.6 Å². The number of imide groups is 2. The van der Waals surface area contributed by atoms with E-state index in [4.69, 9.17) is 10.2 Å². The van der Waals surface area contributed by atoms with E-state index in [1.807, 2.05) is 0 Å². The summed E-state index contributed by atoms with van der Waals surface area (Å²) in [6.45, 7) is 0. The Morgan fingerprint density at radius 3 is 1.29 bits per heavy atom. The van der Waals surface area contributed by atoms with Crippen molar-refractivity contribution in [2.24, 2.45) is 0 Å². The van der Waals surface area contributed by atoms with Crippen molar-refractivity contribution in [1.82, 2.24) is 0 Å². The zero-order valence-corrected chi connectivity index (χ0v) is 18.6. The van der Waals surface area contributed by atoms with Gasteiger partial charge in [0.1, 0.15) is 0 Å².